The first-order chi connectivity index (χ1) is 8.91. The summed E-state index contributed by atoms with van der Waals surface area (Å²) >= 11 is 0. The Balaban J connectivity index is 2.42. The largest absolute Gasteiger partial charge is 0.308 e. The van der Waals surface area contributed by atoms with Crippen LogP contribution in [0.15, 0.2) is 18.3 Å². The molecule has 0 aromatic carbocycles. The van der Waals surface area contributed by atoms with E-state index in [0.29, 0.717) is 12.1 Å². The highest BCUT2D eigenvalue weighted by molar-refractivity contribution is 5.08. The van der Waals surface area contributed by atoms with Crippen molar-refractivity contribution < 1.29 is 4.39 Å². The Hall–Kier alpha value is -1.00. The lowest BCUT2D eigenvalue weighted by molar-refractivity contribution is 0.174. The quantitative estimate of drug-likeness (QED) is 0.823. The Bertz CT molecular complexity index is 354. The van der Waals surface area contributed by atoms with Gasteiger partial charge in [0.15, 0.2) is 0 Å². The van der Waals surface area contributed by atoms with Gasteiger partial charge in [0.2, 0.25) is 0 Å². The summed E-state index contributed by atoms with van der Waals surface area (Å²) in [7, 11) is 0. The van der Waals surface area contributed by atoms with Crippen LogP contribution in [0.25, 0.3) is 0 Å². The van der Waals surface area contributed by atoms with E-state index >= 15 is 0 Å². The third kappa shape index (κ3) is 5.25. The van der Waals surface area contributed by atoms with Crippen molar-refractivity contribution >= 4 is 0 Å². The number of halogens is 1. The average molecular weight is 267 g/mol. The number of pyridine rings is 1. The van der Waals surface area contributed by atoms with Crippen LogP contribution in [-0.2, 0) is 0 Å². The van der Waals surface area contributed by atoms with Crippen LogP contribution in [0.5, 0.6) is 0 Å². The van der Waals surface area contributed by atoms with Gasteiger partial charge in [0.05, 0.1) is 11.9 Å². The van der Waals surface area contributed by atoms with Gasteiger partial charge in [-0.3, -0.25) is 9.88 Å². The van der Waals surface area contributed by atoms with Gasteiger partial charge in [-0.15, -0.1) is 0 Å². The lowest BCUT2D eigenvalue weighted by Gasteiger charge is -2.31. The SMILES string of the molecule is CC(NCCN(C(C)C)C(C)C)c1ccc(F)cn1. The predicted octanol–water partition coefficient (Wildman–Crippen LogP) is 2.99. The van der Waals surface area contributed by atoms with E-state index in [2.05, 4.69) is 49.8 Å². The summed E-state index contributed by atoms with van der Waals surface area (Å²) in [6.07, 6.45) is 1.27. The van der Waals surface area contributed by atoms with Crippen molar-refractivity contribution in [2.75, 3.05) is 13.1 Å². The van der Waals surface area contributed by atoms with Crippen molar-refractivity contribution in [2.45, 2.75) is 52.7 Å². The Kier molecular flexibility index (Phi) is 6.38. The van der Waals surface area contributed by atoms with Gasteiger partial charge in [-0.25, -0.2) is 4.39 Å². The maximum Gasteiger partial charge on any atom is 0.141 e. The number of aromatic nitrogens is 1. The first-order valence-corrected chi connectivity index (χ1v) is 7.02. The molecular formula is C15H26FN3. The Morgan fingerprint density at radius 1 is 1.16 bits per heavy atom. The fourth-order valence-electron chi connectivity index (χ4n) is 2.27. The topological polar surface area (TPSA) is 28.2 Å². The van der Waals surface area contributed by atoms with Gasteiger partial charge in [0.25, 0.3) is 0 Å². The first kappa shape index (κ1) is 16.1. The first-order valence-electron chi connectivity index (χ1n) is 7.02. The zero-order valence-electron chi connectivity index (χ0n) is 12.7. The smallest absolute Gasteiger partial charge is 0.141 e. The standard InChI is InChI=1S/C15H26FN3/c1-11(2)19(12(3)4)9-8-17-13(5)15-7-6-14(16)10-18-15/h6-7,10-13,17H,8-9H2,1-5H3. The molecule has 1 unspecified atom stereocenters. The van der Waals surface area contributed by atoms with E-state index in [1.54, 1.807) is 6.07 Å². The normalized spacial score (nSPS) is 13.5. The van der Waals surface area contributed by atoms with Crippen LogP contribution in [0.2, 0.25) is 0 Å². The van der Waals surface area contributed by atoms with Gasteiger partial charge in [-0.05, 0) is 46.8 Å². The molecule has 108 valence electrons. The van der Waals surface area contributed by atoms with Crippen molar-refractivity contribution in [3.8, 4) is 0 Å². The Morgan fingerprint density at radius 3 is 2.26 bits per heavy atom. The molecule has 1 N–H and O–H groups in total. The summed E-state index contributed by atoms with van der Waals surface area (Å²) in [5.74, 6) is -0.290. The van der Waals surface area contributed by atoms with Crippen LogP contribution in [0.4, 0.5) is 4.39 Å². The molecule has 1 atom stereocenters. The highest BCUT2D eigenvalue weighted by atomic mass is 19.1. The second-order valence-electron chi connectivity index (χ2n) is 5.50. The number of hydrogen-bond donors (Lipinski definition) is 1. The second kappa shape index (κ2) is 7.56. The molecule has 0 aliphatic carbocycles. The van der Waals surface area contributed by atoms with Crippen molar-refractivity contribution in [1.29, 1.82) is 0 Å². The van der Waals surface area contributed by atoms with E-state index in [4.69, 9.17) is 0 Å². The molecule has 1 aromatic heterocycles. The Labute approximate surface area is 116 Å². The van der Waals surface area contributed by atoms with Gasteiger partial charge in [0.1, 0.15) is 5.82 Å². The minimum Gasteiger partial charge on any atom is -0.308 e. The molecule has 1 heterocycles. The molecular weight excluding hydrogens is 241 g/mol. The lowest BCUT2D eigenvalue weighted by Crippen LogP contribution is -2.41. The molecule has 0 aliphatic rings. The van der Waals surface area contributed by atoms with E-state index in [9.17, 15) is 4.39 Å². The van der Waals surface area contributed by atoms with Crippen molar-refractivity contribution in [3.63, 3.8) is 0 Å². The summed E-state index contributed by atoms with van der Waals surface area (Å²) < 4.78 is 12.8. The van der Waals surface area contributed by atoms with Gasteiger partial charge < -0.3 is 5.32 Å². The van der Waals surface area contributed by atoms with Crippen LogP contribution >= 0.6 is 0 Å². The molecule has 19 heavy (non-hydrogen) atoms. The summed E-state index contributed by atoms with van der Waals surface area (Å²) in [6.45, 7) is 12.8. The molecule has 0 radical (unpaired) electrons. The van der Waals surface area contributed by atoms with Crippen LogP contribution < -0.4 is 5.32 Å². The van der Waals surface area contributed by atoms with E-state index in [1.165, 1.54) is 12.3 Å². The van der Waals surface area contributed by atoms with Gasteiger partial charge in [-0.1, -0.05) is 0 Å². The molecule has 0 spiro atoms. The highest BCUT2D eigenvalue weighted by Gasteiger charge is 2.13. The predicted molar refractivity (Wildman–Crippen MR) is 77.6 cm³/mol. The minimum absolute atomic E-state index is 0.141. The summed E-state index contributed by atoms with van der Waals surface area (Å²) in [6, 6.07) is 4.41. The van der Waals surface area contributed by atoms with Gasteiger partial charge in [0, 0.05) is 31.2 Å². The minimum atomic E-state index is -0.290. The Morgan fingerprint density at radius 2 is 1.79 bits per heavy atom. The van der Waals surface area contributed by atoms with Crippen molar-refractivity contribution in [1.82, 2.24) is 15.2 Å². The van der Waals surface area contributed by atoms with Crippen LogP contribution in [0.1, 0.15) is 46.4 Å². The van der Waals surface area contributed by atoms with E-state index < -0.39 is 0 Å². The molecule has 0 amide bonds. The zero-order valence-corrected chi connectivity index (χ0v) is 12.7. The third-order valence-corrected chi connectivity index (χ3v) is 3.34. The molecule has 0 fully saturated rings. The number of nitrogens with one attached hydrogen (secondary N) is 1. The fraction of sp³-hybridized carbons (Fsp3) is 0.667. The molecule has 0 saturated heterocycles. The monoisotopic (exact) mass is 267 g/mol. The molecule has 1 rings (SSSR count). The van der Waals surface area contributed by atoms with E-state index in [0.717, 1.165) is 18.8 Å². The van der Waals surface area contributed by atoms with E-state index in [-0.39, 0.29) is 11.9 Å². The number of hydrogen-bond acceptors (Lipinski definition) is 3. The molecule has 4 heteroatoms. The van der Waals surface area contributed by atoms with Crippen LogP contribution in [-0.4, -0.2) is 35.1 Å². The number of nitrogens with zero attached hydrogens (tertiary/aromatic N) is 2. The molecule has 0 saturated carbocycles. The van der Waals surface area contributed by atoms with Crippen molar-refractivity contribution in [2.24, 2.45) is 0 Å². The van der Waals surface area contributed by atoms with E-state index in [1.807, 2.05) is 0 Å². The lowest BCUT2D eigenvalue weighted by atomic mass is 10.2. The molecule has 1 aromatic rings. The summed E-state index contributed by atoms with van der Waals surface area (Å²) in [5, 5.41) is 3.43. The highest BCUT2D eigenvalue weighted by Crippen LogP contribution is 2.09. The summed E-state index contributed by atoms with van der Waals surface area (Å²) in [4.78, 5) is 6.54. The molecule has 3 nitrogen and oxygen atoms in total. The summed E-state index contributed by atoms with van der Waals surface area (Å²) in [5.41, 5.74) is 0.877. The molecule has 0 aliphatic heterocycles. The zero-order chi connectivity index (χ0) is 14.4. The maximum absolute atomic E-state index is 12.8. The number of rotatable bonds is 7. The van der Waals surface area contributed by atoms with Crippen molar-refractivity contribution in [3.05, 3.63) is 29.8 Å². The molecule has 0 bridgehead atoms. The third-order valence-electron chi connectivity index (χ3n) is 3.34. The fourth-order valence-corrected chi connectivity index (χ4v) is 2.27. The van der Waals surface area contributed by atoms with Crippen LogP contribution in [0, 0.1) is 5.82 Å². The maximum atomic E-state index is 12.8. The second-order valence-corrected chi connectivity index (χ2v) is 5.50. The average Bonchev–Trinajstić information content (AvgIpc) is 2.34. The van der Waals surface area contributed by atoms with Gasteiger partial charge >= 0.3 is 0 Å². The van der Waals surface area contributed by atoms with Gasteiger partial charge in [-0.2, -0.15) is 0 Å². The van der Waals surface area contributed by atoms with Crippen LogP contribution in [0.3, 0.4) is 0 Å².